The van der Waals surface area contributed by atoms with Crippen LogP contribution < -0.4 is 9.03 Å². The second-order valence-corrected chi connectivity index (χ2v) is 20.1. The third-order valence-electron chi connectivity index (χ3n) is 8.28. The van der Waals surface area contributed by atoms with Crippen LogP contribution in [0.4, 0.5) is 28.2 Å². The molecular weight excluding hydrogens is 802 g/mol. The van der Waals surface area contributed by atoms with Crippen LogP contribution in [0.1, 0.15) is 49.7 Å². The molecule has 2 aromatic carbocycles. The number of anilines is 1. The zero-order valence-electron chi connectivity index (χ0n) is 28.8. The van der Waals surface area contributed by atoms with Crippen LogP contribution in [0.15, 0.2) is 42.5 Å². The highest BCUT2D eigenvalue weighted by Gasteiger charge is 2.45. The number of nitrogens with zero attached hydrogens (tertiary/aromatic N) is 4. The first-order valence-electron chi connectivity index (χ1n) is 15.8. The number of carbonyl (C=O) groups is 1. The predicted molar refractivity (Wildman–Crippen MR) is 193 cm³/mol. The smallest absolute Gasteiger partial charge is 0.405 e. The third-order valence-corrected chi connectivity index (χ3v) is 14.6. The molecule has 1 aliphatic carbocycles. The van der Waals surface area contributed by atoms with Gasteiger partial charge in [0.25, 0.3) is 6.43 Å². The summed E-state index contributed by atoms with van der Waals surface area (Å²) in [4.78, 5) is 16.7. The van der Waals surface area contributed by atoms with Crippen molar-refractivity contribution in [1.82, 2.24) is 20.1 Å². The van der Waals surface area contributed by atoms with Crippen LogP contribution in [-0.2, 0) is 42.8 Å². The Kier molecular flexibility index (Phi) is 11.1. The number of sulfone groups is 1. The zero-order valence-corrected chi connectivity index (χ0v) is 32.0. The first-order valence-corrected chi connectivity index (χ1v) is 21.4. The minimum Gasteiger partial charge on any atom is -0.465 e. The Bertz CT molecular complexity index is 2520. The summed E-state index contributed by atoms with van der Waals surface area (Å²) in [5.74, 6) is 2.64. The van der Waals surface area contributed by atoms with E-state index < -0.39 is 88.9 Å². The van der Waals surface area contributed by atoms with Gasteiger partial charge in [-0.2, -0.15) is 5.10 Å². The number of carboxylic acid groups (broad SMARTS) is 1. The number of alkyl halides is 2. The van der Waals surface area contributed by atoms with E-state index in [-0.39, 0.29) is 47.7 Å². The number of benzene rings is 2. The number of halogens is 5. The summed E-state index contributed by atoms with van der Waals surface area (Å²) in [6, 6.07) is 6.19. The van der Waals surface area contributed by atoms with E-state index in [9.17, 15) is 52.7 Å². The number of fused-ring (bicyclic) bond motifs is 1. The van der Waals surface area contributed by atoms with Crippen molar-refractivity contribution < 1.29 is 52.7 Å². The molecule has 0 spiro atoms. The Morgan fingerprint density at radius 2 is 1.61 bits per heavy atom. The van der Waals surface area contributed by atoms with Crippen molar-refractivity contribution in [1.29, 1.82) is 0 Å². The summed E-state index contributed by atoms with van der Waals surface area (Å²) >= 11 is 6.50. The molecule has 1 saturated carbocycles. The summed E-state index contributed by atoms with van der Waals surface area (Å²) in [5.41, 5.74) is -0.723. The van der Waals surface area contributed by atoms with E-state index in [0.717, 1.165) is 12.1 Å². The van der Waals surface area contributed by atoms with E-state index >= 15 is 0 Å². The topological polar surface area (TPSA) is 186 Å². The van der Waals surface area contributed by atoms with Crippen molar-refractivity contribution >= 4 is 64.3 Å². The molecule has 13 nitrogen and oxygen atoms in total. The number of sulfonamides is 2. The Morgan fingerprint density at radius 3 is 2.15 bits per heavy atom. The summed E-state index contributed by atoms with van der Waals surface area (Å²) in [6.07, 6.45) is -3.08. The molecule has 290 valence electrons. The molecule has 0 bridgehead atoms. The third kappa shape index (κ3) is 8.59. The lowest BCUT2D eigenvalue weighted by Crippen LogP contribution is -2.35. The SMILES string of the molecule is CC(C)(C#Cc1ccc(-c2ccc(Cl)c3c(N(S(C)(=O)=O)S(C)(=O)=O)nn(CC(F)F)c23)c([C@H](Cc2cc(F)cc(F)c2)NC(=O)O)n1)S(=O)(=O)C1CC1. The van der Waals surface area contributed by atoms with Crippen LogP contribution >= 0.6 is 11.6 Å². The maximum Gasteiger partial charge on any atom is 0.405 e. The van der Waals surface area contributed by atoms with Crippen LogP contribution in [0.2, 0.25) is 5.02 Å². The zero-order chi connectivity index (χ0) is 40.1. The van der Waals surface area contributed by atoms with E-state index in [2.05, 4.69) is 27.2 Å². The van der Waals surface area contributed by atoms with Gasteiger partial charge in [-0.15, -0.1) is 3.71 Å². The molecule has 0 aliphatic heterocycles. The molecule has 2 heterocycles. The number of amides is 1. The number of hydrogen-bond donors (Lipinski definition) is 2. The van der Waals surface area contributed by atoms with E-state index in [1.54, 1.807) is 0 Å². The van der Waals surface area contributed by atoms with E-state index in [1.807, 2.05) is 0 Å². The monoisotopic (exact) mass is 833 g/mol. The molecule has 1 atom stereocenters. The van der Waals surface area contributed by atoms with Crippen LogP contribution in [0.3, 0.4) is 0 Å². The van der Waals surface area contributed by atoms with Crippen molar-refractivity contribution in [3.05, 3.63) is 76.1 Å². The Morgan fingerprint density at radius 1 is 1.02 bits per heavy atom. The minimum absolute atomic E-state index is 0.0321. The molecule has 2 N–H and O–H groups in total. The lowest BCUT2D eigenvalue weighted by atomic mass is 9.94. The predicted octanol–water partition coefficient (Wildman–Crippen LogP) is 5.28. The summed E-state index contributed by atoms with van der Waals surface area (Å²) < 4.78 is 133. The quantitative estimate of drug-likeness (QED) is 0.141. The fourth-order valence-electron chi connectivity index (χ4n) is 5.88. The highest BCUT2D eigenvalue weighted by atomic mass is 35.5. The van der Waals surface area contributed by atoms with Crippen LogP contribution in [-0.4, -0.2) is 80.2 Å². The fourth-order valence-corrected chi connectivity index (χ4v) is 10.7. The number of aromatic nitrogens is 3. The normalized spacial score (nSPS) is 14.5. The van der Waals surface area contributed by atoms with Crippen molar-refractivity contribution in [3.8, 4) is 23.0 Å². The maximum atomic E-state index is 14.3. The van der Waals surface area contributed by atoms with Gasteiger partial charge in [-0.1, -0.05) is 23.6 Å². The van der Waals surface area contributed by atoms with Gasteiger partial charge >= 0.3 is 6.09 Å². The van der Waals surface area contributed by atoms with Crippen molar-refractivity contribution in [2.75, 3.05) is 16.2 Å². The average molecular weight is 834 g/mol. The van der Waals surface area contributed by atoms with E-state index in [0.29, 0.717) is 36.1 Å². The molecule has 4 aromatic rings. The maximum absolute atomic E-state index is 14.3. The van der Waals surface area contributed by atoms with Crippen LogP contribution in [0.5, 0.6) is 0 Å². The summed E-state index contributed by atoms with van der Waals surface area (Å²) in [5, 5.41) is 14.8. The summed E-state index contributed by atoms with van der Waals surface area (Å²) in [7, 11) is -13.0. The van der Waals surface area contributed by atoms with Crippen molar-refractivity contribution in [3.63, 3.8) is 0 Å². The Labute approximate surface area is 313 Å². The van der Waals surface area contributed by atoms with Gasteiger partial charge < -0.3 is 10.4 Å². The number of pyridine rings is 1. The number of rotatable bonds is 12. The van der Waals surface area contributed by atoms with Gasteiger partial charge in [0.2, 0.25) is 20.0 Å². The average Bonchev–Trinajstić information content (AvgIpc) is 3.82. The van der Waals surface area contributed by atoms with Gasteiger partial charge in [0.15, 0.2) is 15.7 Å². The second kappa shape index (κ2) is 14.7. The van der Waals surface area contributed by atoms with E-state index in [4.69, 9.17) is 11.6 Å². The Hall–Kier alpha value is -4.45. The Balaban J connectivity index is 1.85. The van der Waals surface area contributed by atoms with Crippen molar-refractivity contribution in [2.45, 2.75) is 62.1 Å². The highest BCUT2D eigenvalue weighted by molar-refractivity contribution is 8.09. The largest absolute Gasteiger partial charge is 0.465 e. The minimum atomic E-state index is -4.67. The molecule has 1 aliphatic rings. The van der Waals surface area contributed by atoms with Gasteiger partial charge in [0.05, 0.1) is 45.4 Å². The van der Waals surface area contributed by atoms with Gasteiger partial charge in [-0.25, -0.2) is 52.6 Å². The molecular formula is C33H32ClF4N5O8S3. The second-order valence-electron chi connectivity index (χ2n) is 13.1. The first-order chi connectivity index (χ1) is 24.9. The highest BCUT2D eigenvalue weighted by Crippen LogP contribution is 2.42. The molecule has 21 heteroatoms. The van der Waals surface area contributed by atoms with Gasteiger partial charge in [0.1, 0.15) is 28.6 Å². The molecule has 1 amide bonds. The number of hydrogen-bond acceptors (Lipinski definition) is 9. The van der Waals surface area contributed by atoms with Gasteiger partial charge in [-0.3, -0.25) is 4.68 Å². The van der Waals surface area contributed by atoms with E-state index in [1.165, 1.54) is 38.1 Å². The lowest BCUT2D eigenvalue weighted by molar-refractivity contribution is 0.123. The van der Waals surface area contributed by atoms with Crippen LogP contribution in [0, 0.1) is 23.5 Å². The molecule has 5 rings (SSSR count). The first kappa shape index (κ1) is 40.7. The fraction of sp³-hybridized carbons (Fsp3) is 0.364. The standard InChI is InChI=1S/C33H32ClF4N5O8S3/c1-33(2,54(50,51)22-6-7-22)12-11-21-5-8-23(29(39-21)26(40-32(44)45)15-18-13-19(35)16-20(36)14-18)24-9-10-25(34)28-30(24)42(17-27(37)38)41-31(28)43(52(3,46)47)53(4,48)49/h5,8-10,13-14,16,22,26-27,40H,6-7,15,17H2,1-4H3,(H,44,45)/t26-/m0/s1. The van der Waals surface area contributed by atoms with Crippen LogP contribution in [0.25, 0.3) is 22.0 Å². The lowest BCUT2D eigenvalue weighted by Gasteiger charge is -2.22. The molecule has 1 fully saturated rings. The summed E-state index contributed by atoms with van der Waals surface area (Å²) in [6.45, 7) is 1.64. The molecule has 0 saturated heterocycles. The molecule has 2 aromatic heterocycles. The number of nitrogens with one attached hydrogen (secondary N) is 1. The molecule has 0 radical (unpaired) electrons. The molecule has 0 unspecified atom stereocenters. The van der Waals surface area contributed by atoms with Gasteiger partial charge in [0, 0.05) is 17.2 Å². The van der Waals surface area contributed by atoms with Gasteiger partial charge in [-0.05, 0) is 74.9 Å². The molecule has 54 heavy (non-hydrogen) atoms. The van der Waals surface area contributed by atoms with Crippen molar-refractivity contribution in [2.24, 2.45) is 0 Å².